The molecule has 2 N–H and O–H groups in total. The Bertz CT molecular complexity index is 357. The van der Waals surface area contributed by atoms with Crippen LogP contribution in [0, 0.1) is 10.1 Å². The molecule has 0 aliphatic heterocycles. The van der Waals surface area contributed by atoms with Crippen LogP contribution in [0.2, 0.25) is 5.02 Å². The van der Waals surface area contributed by atoms with Gasteiger partial charge in [-0.05, 0) is 6.07 Å². The highest BCUT2D eigenvalue weighted by Gasteiger charge is 2.15. The van der Waals surface area contributed by atoms with Gasteiger partial charge in [0.1, 0.15) is 0 Å². The van der Waals surface area contributed by atoms with Crippen LogP contribution >= 0.6 is 11.6 Å². The molecule has 1 aromatic carbocycles. The van der Waals surface area contributed by atoms with E-state index in [0.29, 0.717) is 17.1 Å². The van der Waals surface area contributed by atoms with Gasteiger partial charge in [0.15, 0.2) is 0 Å². The fraction of sp³-hybridized carbons (Fsp3) is 0.333. The molecular weight excluding hydrogens is 220 g/mol. The molecule has 0 saturated carbocycles. The minimum Gasteiger partial charge on any atom is -0.395 e. The predicted octanol–water partition coefficient (Wildman–Crippen LogP) is 1.33. The Morgan fingerprint density at radius 2 is 2.27 bits per heavy atom. The molecule has 0 aliphatic rings. The monoisotopic (exact) mass is 230 g/mol. The van der Waals surface area contributed by atoms with E-state index in [1.807, 2.05) is 0 Å². The third kappa shape index (κ3) is 3.16. The average Bonchev–Trinajstić information content (AvgIpc) is 2.20. The lowest BCUT2D eigenvalue weighted by Crippen LogP contribution is -2.18. The molecule has 1 rings (SSSR count). The van der Waals surface area contributed by atoms with Gasteiger partial charge >= 0.3 is 0 Å². The Balaban J connectivity index is 2.87. The maximum Gasteiger partial charge on any atom is 0.275 e. The molecule has 0 heterocycles. The summed E-state index contributed by atoms with van der Waals surface area (Å²) in [5.41, 5.74) is 0.436. The minimum absolute atomic E-state index is 0.00654. The van der Waals surface area contributed by atoms with Crippen LogP contribution in [0.1, 0.15) is 5.56 Å². The first kappa shape index (κ1) is 11.9. The molecule has 6 heteroatoms. The quantitative estimate of drug-likeness (QED) is 0.455. The lowest BCUT2D eigenvalue weighted by Gasteiger charge is -2.05. The molecule has 0 fully saturated rings. The van der Waals surface area contributed by atoms with Gasteiger partial charge in [-0.25, -0.2) is 0 Å². The fourth-order valence-corrected chi connectivity index (χ4v) is 1.42. The van der Waals surface area contributed by atoms with Crippen molar-refractivity contribution in [2.24, 2.45) is 0 Å². The summed E-state index contributed by atoms with van der Waals surface area (Å²) in [5.74, 6) is 0. The van der Waals surface area contributed by atoms with Gasteiger partial charge in [0.2, 0.25) is 0 Å². The zero-order valence-electron chi connectivity index (χ0n) is 7.94. The molecule has 1 aromatic rings. The number of halogens is 1. The van der Waals surface area contributed by atoms with Crippen molar-refractivity contribution in [3.8, 4) is 0 Å². The van der Waals surface area contributed by atoms with E-state index in [1.54, 1.807) is 6.07 Å². The number of aliphatic hydroxyl groups is 1. The number of nitro groups is 1. The topological polar surface area (TPSA) is 75.4 Å². The van der Waals surface area contributed by atoms with Gasteiger partial charge in [-0.3, -0.25) is 10.1 Å². The number of aliphatic hydroxyl groups excluding tert-OH is 1. The second-order valence-electron chi connectivity index (χ2n) is 2.90. The Kier molecular flexibility index (Phi) is 4.48. The minimum atomic E-state index is -0.470. The van der Waals surface area contributed by atoms with Gasteiger partial charge in [-0.1, -0.05) is 17.7 Å². The summed E-state index contributed by atoms with van der Waals surface area (Å²) >= 11 is 5.85. The van der Waals surface area contributed by atoms with Gasteiger partial charge in [-0.2, -0.15) is 0 Å². The van der Waals surface area contributed by atoms with E-state index < -0.39 is 4.92 Å². The summed E-state index contributed by atoms with van der Waals surface area (Å²) < 4.78 is 0. The van der Waals surface area contributed by atoms with Gasteiger partial charge in [0, 0.05) is 19.2 Å². The normalized spacial score (nSPS) is 10.3. The van der Waals surface area contributed by atoms with Crippen LogP contribution in [0.4, 0.5) is 5.69 Å². The van der Waals surface area contributed by atoms with Crippen molar-refractivity contribution < 1.29 is 10.0 Å². The lowest BCUT2D eigenvalue weighted by atomic mass is 10.2. The molecule has 0 bridgehead atoms. The largest absolute Gasteiger partial charge is 0.395 e. The smallest absolute Gasteiger partial charge is 0.275 e. The van der Waals surface area contributed by atoms with Crippen molar-refractivity contribution in [2.45, 2.75) is 6.54 Å². The predicted molar refractivity (Wildman–Crippen MR) is 56.9 cm³/mol. The molecule has 0 aliphatic carbocycles. The zero-order valence-corrected chi connectivity index (χ0v) is 8.70. The molecule has 82 valence electrons. The van der Waals surface area contributed by atoms with E-state index in [1.165, 1.54) is 12.1 Å². The summed E-state index contributed by atoms with van der Waals surface area (Å²) in [5, 5.41) is 22.4. The first-order valence-electron chi connectivity index (χ1n) is 4.40. The molecular formula is C9H11ClN2O3. The Morgan fingerprint density at radius 1 is 1.53 bits per heavy atom. The maximum atomic E-state index is 10.7. The highest BCUT2D eigenvalue weighted by atomic mass is 35.5. The zero-order chi connectivity index (χ0) is 11.3. The van der Waals surface area contributed by atoms with Gasteiger partial charge < -0.3 is 10.4 Å². The van der Waals surface area contributed by atoms with Crippen LogP contribution in [0.5, 0.6) is 0 Å². The number of hydrogen-bond donors (Lipinski definition) is 2. The highest BCUT2D eigenvalue weighted by molar-refractivity contribution is 6.31. The third-order valence-electron chi connectivity index (χ3n) is 1.88. The van der Waals surface area contributed by atoms with Gasteiger partial charge in [0.05, 0.1) is 22.1 Å². The molecule has 5 nitrogen and oxygen atoms in total. The first-order valence-corrected chi connectivity index (χ1v) is 4.78. The number of benzene rings is 1. The van der Waals surface area contributed by atoms with E-state index in [-0.39, 0.29) is 18.8 Å². The van der Waals surface area contributed by atoms with Gasteiger partial charge in [-0.15, -0.1) is 0 Å². The highest BCUT2D eigenvalue weighted by Crippen LogP contribution is 2.25. The van der Waals surface area contributed by atoms with E-state index in [0.717, 1.165) is 0 Å². The standard InChI is InChI=1S/C9H11ClN2O3/c10-8-2-1-3-9(12(14)15)7(8)6-11-4-5-13/h1-3,11,13H,4-6H2. The fourth-order valence-electron chi connectivity index (χ4n) is 1.19. The van der Waals surface area contributed by atoms with Crippen LogP contribution in [-0.2, 0) is 6.54 Å². The first-order chi connectivity index (χ1) is 7.16. The molecule has 0 saturated heterocycles. The Hall–Kier alpha value is -1.17. The number of hydrogen-bond acceptors (Lipinski definition) is 4. The van der Waals surface area contributed by atoms with Gasteiger partial charge in [0.25, 0.3) is 5.69 Å². The summed E-state index contributed by atoms with van der Waals surface area (Å²) in [7, 11) is 0. The third-order valence-corrected chi connectivity index (χ3v) is 2.24. The van der Waals surface area contributed by atoms with Crippen LogP contribution < -0.4 is 5.32 Å². The lowest BCUT2D eigenvalue weighted by molar-refractivity contribution is -0.385. The number of nitrogens with one attached hydrogen (secondary N) is 1. The van der Waals surface area contributed by atoms with Crippen molar-refractivity contribution in [3.63, 3.8) is 0 Å². The molecule has 0 unspecified atom stereocenters. The molecule has 0 spiro atoms. The maximum absolute atomic E-state index is 10.7. The summed E-state index contributed by atoms with van der Waals surface area (Å²) in [6.07, 6.45) is 0. The molecule has 0 atom stereocenters. The van der Waals surface area contributed by atoms with E-state index >= 15 is 0 Å². The van der Waals surface area contributed by atoms with Crippen molar-refractivity contribution in [1.82, 2.24) is 5.32 Å². The second-order valence-corrected chi connectivity index (χ2v) is 3.30. The van der Waals surface area contributed by atoms with Crippen LogP contribution in [0.3, 0.4) is 0 Å². The van der Waals surface area contributed by atoms with Crippen molar-refractivity contribution >= 4 is 17.3 Å². The SMILES string of the molecule is O=[N+]([O-])c1cccc(Cl)c1CNCCO. The van der Waals surface area contributed by atoms with E-state index in [4.69, 9.17) is 16.7 Å². The molecule has 0 radical (unpaired) electrons. The molecule has 0 aromatic heterocycles. The second kappa shape index (κ2) is 5.65. The van der Waals surface area contributed by atoms with Crippen LogP contribution in [-0.4, -0.2) is 23.2 Å². The van der Waals surface area contributed by atoms with Crippen molar-refractivity contribution in [2.75, 3.05) is 13.2 Å². The van der Waals surface area contributed by atoms with E-state index in [9.17, 15) is 10.1 Å². The van der Waals surface area contributed by atoms with Crippen molar-refractivity contribution in [3.05, 3.63) is 38.9 Å². The van der Waals surface area contributed by atoms with Crippen LogP contribution in [0.15, 0.2) is 18.2 Å². The number of nitro benzene ring substituents is 1. The molecule has 0 amide bonds. The average molecular weight is 231 g/mol. The summed E-state index contributed by atoms with van der Waals surface area (Å²) in [6, 6.07) is 4.54. The Labute approximate surface area is 91.8 Å². The number of nitrogens with zero attached hydrogens (tertiary/aromatic N) is 1. The van der Waals surface area contributed by atoms with E-state index in [2.05, 4.69) is 5.32 Å². The number of rotatable bonds is 5. The summed E-state index contributed by atoms with van der Waals surface area (Å²) in [4.78, 5) is 10.2. The Morgan fingerprint density at radius 3 is 2.87 bits per heavy atom. The van der Waals surface area contributed by atoms with Crippen molar-refractivity contribution in [1.29, 1.82) is 0 Å². The molecule has 15 heavy (non-hydrogen) atoms. The summed E-state index contributed by atoms with van der Waals surface area (Å²) in [6.45, 7) is 0.636. The van der Waals surface area contributed by atoms with Crippen LogP contribution in [0.25, 0.3) is 0 Å².